The third-order valence-electron chi connectivity index (χ3n) is 3.43. The van der Waals surface area contributed by atoms with E-state index in [0.29, 0.717) is 5.69 Å². The van der Waals surface area contributed by atoms with Crippen molar-refractivity contribution >= 4 is 21.4 Å². The highest BCUT2D eigenvalue weighted by Crippen LogP contribution is 2.23. The smallest absolute Gasteiger partial charge is 0.291 e. The summed E-state index contributed by atoms with van der Waals surface area (Å²) >= 11 is 0. The molecule has 0 unspecified atom stereocenters. The zero-order chi connectivity index (χ0) is 17.2. The van der Waals surface area contributed by atoms with Crippen LogP contribution in [0.3, 0.4) is 0 Å². The normalized spacial score (nSPS) is 11.2. The second-order valence-corrected chi connectivity index (χ2v) is 7.14. The molecule has 6 heteroatoms. The van der Waals surface area contributed by atoms with E-state index in [9.17, 15) is 13.2 Å². The molecule has 0 fully saturated rings. The van der Waals surface area contributed by atoms with Crippen LogP contribution >= 0.6 is 0 Å². The Hall–Kier alpha value is -2.86. The quantitative estimate of drug-likeness (QED) is 0.785. The number of carbonyl (C=O) groups is 1. The zero-order valence-electron chi connectivity index (χ0n) is 12.9. The lowest BCUT2D eigenvalue weighted by atomic mass is 10.2. The van der Waals surface area contributed by atoms with Gasteiger partial charge < -0.3 is 9.73 Å². The molecule has 2 aromatic carbocycles. The first-order valence-corrected chi connectivity index (χ1v) is 8.73. The van der Waals surface area contributed by atoms with E-state index in [-0.39, 0.29) is 15.7 Å². The van der Waals surface area contributed by atoms with Gasteiger partial charge in [0.1, 0.15) is 0 Å². The third kappa shape index (κ3) is 3.23. The molecule has 1 aromatic heterocycles. The Kier molecular flexibility index (Phi) is 4.22. The lowest BCUT2D eigenvalue weighted by Gasteiger charge is -2.03. The maximum Gasteiger partial charge on any atom is 0.291 e. The minimum Gasteiger partial charge on any atom is -0.439 e. The van der Waals surface area contributed by atoms with Crippen LogP contribution in [0.1, 0.15) is 16.1 Å². The van der Waals surface area contributed by atoms with E-state index in [1.54, 1.807) is 30.3 Å². The number of anilines is 1. The van der Waals surface area contributed by atoms with Crippen molar-refractivity contribution in [3.8, 4) is 0 Å². The predicted octanol–water partition coefficient (Wildman–Crippen LogP) is 3.67. The molecule has 1 N–H and O–H groups in total. The fraction of sp³-hybridized carbons (Fsp3) is 0.0556. The minimum atomic E-state index is -3.78. The SMILES string of the molecule is Cc1ccc(NC(=O)c2ccc(S(=O)(=O)c3ccccc3)o2)cc1. The van der Waals surface area contributed by atoms with Gasteiger partial charge in [-0.05, 0) is 43.3 Å². The van der Waals surface area contributed by atoms with Crippen LogP contribution in [0.4, 0.5) is 5.69 Å². The molecule has 3 rings (SSSR count). The van der Waals surface area contributed by atoms with E-state index >= 15 is 0 Å². The van der Waals surface area contributed by atoms with Crippen LogP contribution in [-0.4, -0.2) is 14.3 Å². The zero-order valence-corrected chi connectivity index (χ0v) is 13.7. The number of nitrogens with one attached hydrogen (secondary N) is 1. The highest BCUT2D eigenvalue weighted by atomic mass is 32.2. The summed E-state index contributed by atoms with van der Waals surface area (Å²) in [5.41, 5.74) is 1.68. The molecule has 0 saturated carbocycles. The summed E-state index contributed by atoms with van der Waals surface area (Å²) in [6.07, 6.45) is 0. The Bertz CT molecular complexity index is 958. The van der Waals surface area contributed by atoms with E-state index in [2.05, 4.69) is 5.32 Å². The molecular formula is C18H15NO4S. The topological polar surface area (TPSA) is 76.4 Å². The summed E-state index contributed by atoms with van der Waals surface area (Å²) < 4.78 is 30.1. The summed E-state index contributed by atoms with van der Waals surface area (Å²) in [6.45, 7) is 1.94. The summed E-state index contributed by atoms with van der Waals surface area (Å²) in [4.78, 5) is 12.3. The van der Waals surface area contributed by atoms with Gasteiger partial charge in [0.05, 0.1) is 4.90 Å². The molecule has 0 radical (unpaired) electrons. The molecule has 0 aliphatic rings. The van der Waals surface area contributed by atoms with Crippen molar-refractivity contribution in [1.82, 2.24) is 0 Å². The highest BCUT2D eigenvalue weighted by molar-refractivity contribution is 7.91. The average molecular weight is 341 g/mol. The number of sulfone groups is 1. The van der Waals surface area contributed by atoms with Gasteiger partial charge in [-0.2, -0.15) is 0 Å². The number of amides is 1. The number of aryl methyl sites for hydroxylation is 1. The van der Waals surface area contributed by atoms with Crippen LogP contribution in [0, 0.1) is 6.92 Å². The Morgan fingerprint density at radius 2 is 1.58 bits per heavy atom. The maximum atomic E-state index is 12.4. The van der Waals surface area contributed by atoms with Gasteiger partial charge in [0.15, 0.2) is 5.76 Å². The van der Waals surface area contributed by atoms with Crippen LogP contribution in [0.2, 0.25) is 0 Å². The molecular weight excluding hydrogens is 326 g/mol. The Labute approximate surface area is 139 Å². The van der Waals surface area contributed by atoms with Gasteiger partial charge in [-0.25, -0.2) is 8.42 Å². The van der Waals surface area contributed by atoms with Crippen LogP contribution in [0.15, 0.2) is 81.1 Å². The van der Waals surface area contributed by atoms with E-state index in [0.717, 1.165) is 5.56 Å². The molecule has 122 valence electrons. The number of benzene rings is 2. The first-order chi connectivity index (χ1) is 11.5. The van der Waals surface area contributed by atoms with Crippen molar-refractivity contribution in [2.45, 2.75) is 16.9 Å². The molecule has 0 aliphatic carbocycles. The van der Waals surface area contributed by atoms with Gasteiger partial charge in [0.25, 0.3) is 5.91 Å². The van der Waals surface area contributed by atoms with E-state index < -0.39 is 15.7 Å². The molecule has 0 bridgehead atoms. The van der Waals surface area contributed by atoms with Crippen molar-refractivity contribution in [2.24, 2.45) is 0 Å². The lowest BCUT2D eigenvalue weighted by molar-refractivity contribution is 0.0991. The van der Waals surface area contributed by atoms with E-state index in [1.807, 2.05) is 19.1 Å². The van der Waals surface area contributed by atoms with Gasteiger partial charge in [-0.3, -0.25) is 4.79 Å². The van der Waals surface area contributed by atoms with Crippen molar-refractivity contribution < 1.29 is 17.6 Å². The fourth-order valence-corrected chi connectivity index (χ4v) is 3.33. The van der Waals surface area contributed by atoms with Gasteiger partial charge in [0, 0.05) is 5.69 Å². The number of rotatable bonds is 4. The van der Waals surface area contributed by atoms with Crippen LogP contribution in [0.5, 0.6) is 0 Å². The fourth-order valence-electron chi connectivity index (χ4n) is 2.13. The third-order valence-corrected chi connectivity index (χ3v) is 5.07. The lowest BCUT2D eigenvalue weighted by Crippen LogP contribution is -2.10. The van der Waals surface area contributed by atoms with Crippen molar-refractivity contribution in [3.63, 3.8) is 0 Å². The standard InChI is InChI=1S/C18H15NO4S/c1-13-7-9-14(10-8-13)19-18(20)16-11-12-17(23-16)24(21,22)15-5-3-2-4-6-15/h2-12H,1H3,(H,19,20). The van der Waals surface area contributed by atoms with Gasteiger partial charge in [-0.1, -0.05) is 35.9 Å². The second-order valence-electron chi connectivity index (χ2n) is 5.26. The van der Waals surface area contributed by atoms with Crippen LogP contribution < -0.4 is 5.32 Å². The van der Waals surface area contributed by atoms with Crippen molar-refractivity contribution in [1.29, 1.82) is 0 Å². The first kappa shape index (κ1) is 16.0. The molecule has 1 heterocycles. The molecule has 3 aromatic rings. The van der Waals surface area contributed by atoms with Gasteiger partial charge in [0.2, 0.25) is 14.9 Å². The van der Waals surface area contributed by atoms with Crippen molar-refractivity contribution in [3.05, 3.63) is 78.1 Å². The Balaban J connectivity index is 1.82. The molecule has 0 saturated heterocycles. The van der Waals surface area contributed by atoms with Gasteiger partial charge >= 0.3 is 0 Å². The molecule has 0 aliphatic heterocycles. The number of hydrogen-bond acceptors (Lipinski definition) is 4. The molecule has 5 nitrogen and oxygen atoms in total. The monoisotopic (exact) mass is 341 g/mol. The number of carbonyl (C=O) groups excluding carboxylic acids is 1. The molecule has 0 atom stereocenters. The predicted molar refractivity (Wildman–Crippen MR) is 89.7 cm³/mol. The maximum absolute atomic E-state index is 12.4. The summed E-state index contributed by atoms with van der Waals surface area (Å²) in [6, 6.07) is 17.8. The molecule has 24 heavy (non-hydrogen) atoms. The van der Waals surface area contributed by atoms with Crippen LogP contribution in [-0.2, 0) is 9.84 Å². The summed E-state index contributed by atoms with van der Waals surface area (Å²) in [5, 5.41) is 2.40. The Morgan fingerprint density at radius 1 is 0.917 bits per heavy atom. The minimum absolute atomic E-state index is 0.0647. The summed E-state index contributed by atoms with van der Waals surface area (Å²) in [5.74, 6) is -0.571. The number of hydrogen-bond donors (Lipinski definition) is 1. The van der Waals surface area contributed by atoms with E-state index in [4.69, 9.17) is 4.42 Å². The molecule has 0 spiro atoms. The number of furan rings is 1. The van der Waals surface area contributed by atoms with E-state index in [1.165, 1.54) is 24.3 Å². The Morgan fingerprint density at radius 3 is 2.25 bits per heavy atom. The summed E-state index contributed by atoms with van der Waals surface area (Å²) in [7, 11) is -3.78. The van der Waals surface area contributed by atoms with Crippen molar-refractivity contribution in [2.75, 3.05) is 5.32 Å². The largest absolute Gasteiger partial charge is 0.439 e. The first-order valence-electron chi connectivity index (χ1n) is 7.25. The average Bonchev–Trinajstić information content (AvgIpc) is 3.09. The second kappa shape index (κ2) is 6.33. The molecule has 1 amide bonds. The van der Waals surface area contributed by atoms with Gasteiger partial charge in [-0.15, -0.1) is 0 Å². The van der Waals surface area contributed by atoms with Crippen LogP contribution in [0.25, 0.3) is 0 Å². The highest BCUT2D eigenvalue weighted by Gasteiger charge is 2.23.